The van der Waals surface area contributed by atoms with E-state index in [4.69, 9.17) is 45.5 Å². The molecular weight excluding hydrogens is 797 g/mol. The van der Waals surface area contributed by atoms with Crippen LogP contribution in [0.15, 0.2) is 17.5 Å². The van der Waals surface area contributed by atoms with Crippen molar-refractivity contribution in [1.82, 2.24) is 24.7 Å². The van der Waals surface area contributed by atoms with Crippen molar-refractivity contribution in [3.63, 3.8) is 0 Å². The van der Waals surface area contributed by atoms with Crippen molar-refractivity contribution in [2.45, 2.75) is 153 Å². The third-order valence-corrected chi connectivity index (χ3v) is 10.7. The van der Waals surface area contributed by atoms with Crippen molar-refractivity contribution in [2.24, 2.45) is 45.1 Å². The number of amides is 4. The van der Waals surface area contributed by atoms with Crippen molar-refractivity contribution in [3.05, 3.63) is 18.2 Å². The molecule has 0 fully saturated rings. The molecule has 0 spiro atoms. The molecule has 0 aromatic carbocycles. The molecule has 16 N–H and O–H groups in total. The van der Waals surface area contributed by atoms with Crippen LogP contribution in [0.3, 0.4) is 0 Å². The van der Waals surface area contributed by atoms with Crippen LogP contribution in [0, 0.1) is 5.41 Å². The highest BCUT2D eigenvalue weighted by atomic mass is 16.2. The van der Waals surface area contributed by atoms with Crippen LogP contribution >= 0.6 is 0 Å². The average molecular weight is 875 g/mol. The first-order valence-corrected chi connectivity index (χ1v) is 22.4. The SMILES string of the molecule is CCC(=O)N(CCN)C(CCCCC(=N)N)C(=O)CCCN(C(=O)CCCCCN)C(Cc1cnc[nH]1)C(=O)CCCN(C(=O)CCCCN=C(N)N)C(CCCCN)C(N)=O. The molecule has 62 heavy (non-hydrogen) atoms. The number of nitrogens with two attached hydrogens (primary N) is 7. The summed E-state index contributed by atoms with van der Waals surface area (Å²) < 4.78 is 0. The van der Waals surface area contributed by atoms with E-state index in [1.54, 1.807) is 18.0 Å². The lowest BCUT2D eigenvalue weighted by molar-refractivity contribution is -0.141. The second-order valence-corrected chi connectivity index (χ2v) is 15.7. The van der Waals surface area contributed by atoms with Gasteiger partial charge in [-0.3, -0.25) is 39.2 Å². The number of primary amides is 1. The predicted octanol–water partition coefficient (Wildman–Crippen LogP) is 0.685. The highest BCUT2D eigenvalue weighted by Crippen LogP contribution is 2.20. The molecule has 0 saturated heterocycles. The Morgan fingerprint density at radius 3 is 1.69 bits per heavy atom. The fourth-order valence-corrected chi connectivity index (χ4v) is 7.45. The predicted molar refractivity (Wildman–Crippen MR) is 241 cm³/mol. The molecule has 0 aliphatic heterocycles. The molecule has 3 atom stereocenters. The van der Waals surface area contributed by atoms with Crippen molar-refractivity contribution >= 4 is 47.0 Å². The minimum absolute atomic E-state index is 0.0211. The minimum Gasteiger partial charge on any atom is -0.388 e. The molecule has 3 unspecified atom stereocenters. The van der Waals surface area contributed by atoms with Gasteiger partial charge in [-0.05, 0) is 83.7 Å². The van der Waals surface area contributed by atoms with Gasteiger partial charge in [-0.15, -0.1) is 0 Å². The van der Waals surface area contributed by atoms with Gasteiger partial charge >= 0.3 is 0 Å². The number of aromatic amines is 1. The number of hydrogen-bond donors (Lipinski definition) is 9. The Kier molecular flexibility index (Phi) is 29.1. The number of aliphatic imine (C=N–C) groups is 1. The lowest BCUT2D eigenvalue weighted by Crippen LogP contribution is -2.49. The summed E-state index contributed by atoms with van der Waals surface area (Å²) in [5.74, 6) is -1.79. The number of guanidine groups is 1. The number of nitrogens with zero attached hydrogens (tertiary/aromatic N) is 5. The van der Waals surface area contributed by atoms with Gasteiger partial charge in [-0.2, -0.15) is 0 Å². The summed E-state index contributed by atoms with van der Waals surface area (Å²) in [6.07, 6.45) is 10.7. The summed E-state index contributed by atoms with van der Waals surface area (Å²) in [5.41, 5.74) is 40.1. The molecule has 352 valence electrons. The molecule has 1 rings (SSSR count). The zero-order valence-corrected chi connectivity index (χ0v) is 37.2. The second kappa shape index (κ2) is 32.7. The van der Waals surface area contributed by atoms with Crippen LogP contribution in [0.4, 0.5) is 0 Å². The zero-order valence-electron chi connectivity index (χ0n) is 37.2. The molecule has 1 aromatic heterocycles. The number of unbranched alkanes of at least 4 members (excludes halogenated alkanes) is 5. The van der Waals surface area contributed by atoms with Crippen molar-refractivity contribution < 1.29 is 28.8 Å². The second-order valence-electron chi connectivity index (χ2n) is 15.7. The van der Waals surface area contributed by atoms with Gasteiger partial charge in [-0.25, -0.2) is 4.98 Å². The van der Waals surface area contributed by atoms with Crippen LogP contribution in [0.2, 0.25) is 0 Å². The maximum absolute atomic E-state index is 14.4. The highest BCUT2D eigenvalue weighted by molar-refractivity contribution is 5.91. The number of nitrogens with one attached hydrogen (secondary N) is 2. The van der Waals surface area contributed by atoms with E-state index in [1.807, 2.05) is 0 Å². The number of ketones is 2. The van der Waals surface area contributed by atoms with Crippen LogP contribution in [-0.2, 0) is 35.2 Å². The topological polar surface area (TPSA) is 359 Å². The summed E-state index contributed by atoms with van der Waals surface area (Å²) in [5, 5.41) is 7.56. The lowest BCUT2D eigenvalue weighted by Gasteiger charge is -2.33. The molecule has 0 saturated carbocycles. The molecule has 0 aliphatic rings. The van der Waals surface area contributed by atoms with Crippen LogP contribution in [0.25, 0.3) is 0 Å². The van der Waals surface area contributed by atoms with Crippen molar-refractivity contribution in [3.8, 4) is 0 Å². The van der Waals surface area contributed by atoms with Gasteiger partial charge in [0.2, 0.25) is 23.6 Å². The highest BCUT2D eigenvalue weighted by Gasteiger charge is 2.33. The van der Waals surface area contributed by atoms with Crippen LogP contribution in [-0.4, -0.2) is 136 Å². The van der Waals surface area contributed by atoms with Gasteiger partial charge in [0.1, 0.15) is 6.04 Å². The Balaban J connectivity index is 3.41. The number of Topliss-reactive ketones (excluding diaryl/α,β-unsaturated/α-hetero) is 2. The summed E-state index contributed by atoms with van der Waals surface area (Å²) >= 11 is 0. The first kappa shape index (κ1) is 55.1. The number of amidine groups is 1. The smallest absolute Gasteiger partial charge is 0.240 e. The summed E-state index contributed by atoms with van der Waals surface area (Å²) in [6.45, 7) is 3.54. The fourth-order valence-electron chi connectivity index (χ4n) is 7.45. The van der Waals surface area contributed by atoms with Crippen molar-refractivity contribution in [2.75, 3.05) is 45.8 Å². The minimum atomic E-state index is -0.929. The fraction of sp³-hybridized carbons (Fsp3) is 0.738. The Morgan fingerprint density at radius 2 is 1.16 bits per heavy atom. The van der Waals surface area contributed by atoms with Crippen molar-refractivity contribution in [1.29, 1.82) is 5.41 Å². The van der Waals surface area contributed by atoms with Gasteiger partial charge < -0.3 is 59.8 Å². The van der Waals surface area contributed by atoms with E-state index in [9.17, 15) is 28.8 Å². The summed E-state index contributed by atoms with van der Waals surface area (Å²) in [7, 11) is 0. The Bertz CT molecular complexity index is 1520. The Labute approximate surface area is 367 Å². The summed E-state index contributed by atoms with van der Waals surface area (Å²) in [6, 6.07) is -2.55. The van der Waals surface area contributed by atoms with Gasteiger partial charge in [-0.1, -0.05) is 19.8 Å². The number of imidazole rings is 1. The molecule has 0 bridgehead atoms. The molecule has 20 nitrogen and oxygen atoms in total. The van der Waals surface area contributed by atoms with E-state index in [-0.39, 0.29) is 119 Å². The van der Waals surface area contributed by atoms with E-state index in [1.165, 1.54) is 16.1 Å². The number of carbonyl (C=O) groups excluding carboxylic acids is 6. The molecular formula is C42H78N14O6. The van der Waals surface area contributed by atoms with Gasteiger partial charge in [0.15, 0.2) is 17.5 Å². The van der Waals surface area contributed by atoms with Crippen LogP contribution in [0.5, 0.6) is 0 Å². The van der Waals surface area contributed by atoms with E-state index in [0.717, 1.165) is 12.8 Å². The average Bonchev–Trinajstić information content (AvgIpc) is 3.75. The van der Waals surface area contributed by atoms with Gasteiger partial charge in [0, 0.05) is 89.6 Å². The molecule has 0 aliphatic carbocycles. The quantitative estimate of drug-likeness (QED) is 0.0251. The zero-order chi connectivity index (χ0) is 46.3. The van der Waals surface area contributed by atoms with E-state index in [2.05, 4.69) is 15.0 Å². The third kappa shape index (κ3) is 22.2. The first-order valence-electron chi connectivity index (χ1n) is 22.4. The monoisotopic (exact) mass is 875 g/mol. The normalized spacial score (nSPS) is 12.5. The number of rotatable bonds is 38. The first-order chi connectivity index (χ1) is 29.7. The maximum atomic E-state index is 14.4. The molecule has 20 heteroatoms. The van der Waals surface area contributed by atoms with Gasteiger partial charge in [0.25, 0.3) is 0 Å². The standard InChI is InChI=1S/C42H78N14O6/c1-2-38(59)56(27-23-45)32(14-5-6-18-37(46)47)35(57)16-12-26-55(40(61)19-4-3-9-21-43)34(28-31-29-51-30-53-31)36(58)17-13-25-54(33(41(48)62)15-7-10-22-44)39(60)20-8-11-24-52-42(49)50/h29-30,32-34H,2-28,43-45H2,1H3,(H3,46,47)(H2,48,62)(H,51,53)(H4,49,50,52). The van der Waals surface area contributed by atoms with E-state index >= 15 is 0 Å². The molecule has 1 aromatic rings. The largest absolute Gasteiger partial charge is 0.388 e. The number of carbonyl (C=O) groups is 6. The lowest BCUT2D eigenvalue weighted by atomic mass is 9.97. The van der Waals surface area contributed by atoms with Crippen LogP contribution < -0.4 is 40.1 Å². The molecule has 1 heterocycles. The summed E-state index contributed by atoms with van der Waals surface area (Å²) in [4.78, 5) is 97.4. The van der Waals surface area contributed by atoms with Crippen LogP contribution in [0.1, 0.15) is 135 Å². The van der Waals surface area contributed by atoms with Gasteiger partial charge in [0.05, 0.1) is 24.2 Å². The Morgan fingerprint density at radius 1 is 0.629 bits per heavy atom. The molecule has 4 amide bonds. The van der Waals surface area contributed by atoms with E-state index < -0.39 is 24.0 Å². The number of hydrogen-bond acceptors (Lipinski definition) is 12. The number of H-pyrrole nitrogens is 1. The Hall–Kier alpha value is -4.95. The van der Waals surface area contributed by atoms with E-state index in [0.29, 0.717) is 89.5 Å². The number of aromatic nitrogens is 2. The maximum Gasteiger partial charge on any atom is 0.240 e. The molecule has 0 radical (unpaired) electrons. The third-order valence-electron chi connectivity index (χ3n) is 10.7.